The van der Waals surface area contributed by atoms with E-state index in [1.165, 1.54) is 92.1 Å². The van der Waals surface area contributed by atoms with E-state index in [0.717, 1.165) is 17.1 Å². The predicted octanol–water partition coefficient (Wildman–Crippen LogP) is 17.0. The van der Waals surface area contributed by atoms with Crippen LogP contribution in [0.1, 0.15) is 55.5 Å². The van der Waals surface area contributed by atoms with Crippen molar-refractivity contribution in [3.63, 3.8) is 0 Å². The minimum atomic E-state index is -0.338. The fourth-order valence-corrected chi connectivity index (χ4v) is 11.3. The average Bonchev–Trinajstić information content (AvgIpc) is 3.78. The summed E-state index contributed by atoms with van der Waals surface area (Å²) < 4.78 is 2.64. The lowest BCUT2D eigenvalue weighted by Gasteiger charge is -2.34. The highest BCUT2D eigenvalue weighted by molar-refractivity contribution is 7.25. The van der Waals surface area contributed by atoms with Gasteiger partial charge in [0.25, 0.3) is 0 Å². The van der Waals surface area contributed by atoms with Crippen LogP contribution in [0.25, 0.3) is 64.3 Å². The van der Waals surface area contributed by atoms with Gasteiger partial charge >= 0.3 is 0 Å². The topological polar surface area (TPSA) is 3.24 Å². The molecule has 0 saturated heterocycles. The second-order valence-electron chi connectivity index (χ2n) is 17.8. The molecule has 0 aliphatic heterocycles. The quantitative estimate of drug-likeness (QED) is 0.155. The lowest BCUT2D eigenvalue weighted by Crippen LogP contribution is -2.22. The Morgan fingerprint density at radius 3 is 1.95 bits per heavy atom. The van der Waals surface area contributed by atoms with Gasteiger partial charge in [0.05, 0.1) is 5.69 Å². The maximum Gasteiger partial charge on any atom is 0.0540 e. The molecule has 0 radical (unpaired) electrons. The molecule has 294 valence electrons. The normalized spacial score (nSPS) is 13.1. The third-order valence-electron chi connectivity index (χ3n) is 13.6. The van der Waals surface area contributed by atoms with E-state index in [0.29, 0.717) is 0 Å². The zero-order valence-corrected chi connectivity index (χ0v) is 36.1. The Bertz CT molecular complexity index is 3310. The van der Waals surface area contributed by atoms with E-state index in [1.54, 1.807) is 0 Å². The molecule has 0 saturated carbocycles. The van der Waals surface area contributed by atoms with E-state index in [-0.39, 0.29) is 10.8 Å². The van der Waals surface area contributed by atoms with Gasteiger partial charge in [-0.05, 0) is 122 Å². The lowest BCUT2D eigenvalue weighted by atomic mass is 9.73. The van der Waals surface area contributed by atoms with Gasteiger partial charge in [-0.15, -0.1) is 11.3 Å². The summed E-state index contributed by atoms with van der Waals surface area (Å²) in [6, 6.07) is 72.3. The fourth-order valence-electron chi connectivity index (χ4n) is 10.2. The summed E-state index contributed by atoms with van der Waals surface area (Å²) in [5.74, 6) is 0. The van der Waals surface area contributed by atoms with Gasteiger partial charge in [-0.3, -0.25) is 0 Å². The van der Waals surface area contributed by atoms with Gasteiger partial charge in [0.1, 0.15) is 0 Å². The second-order valence-corrected chi connectivity index (χ2v) is 18.9. The Morgan fingerprint density at radius 1 is 0.459 bits per heavy atom. The molecule has 1 aliphatic rings. The molecule has 0 atom stereocenters. The zero-order valence-electron chi connectivity index (χ0n) is 35.3. The summed E-state index contributed by atoms with van der Waals surface area (Å²) >= 11 is 1.88. The Morgan fingerprint density at radius 2 is 1.11 bits per heavy atom. The second kappa shape index (κ2) is 14.2. The highest BCUT2D eigenvalue weighted by Gasteiger charge is 2.37. The summed E-state index contributed by atoms with van der Waals surface area (Å²) in [5.41, 5.74) is 17.4. The van der Waals surface area contributed by atoms with Gasteiger partial charge in [0, 0.05) is 47.8 Å². The Kier molecular flexibility index (Phi) is 8.67. The molecule has 2 heteroatoms. The van der Waals surface area contributed by atoms with Crippen LogP contribution >= 0.6 is 11.3 Å². The van der Waals surface area contributed by atoms with E-state index >= 15 is 0 Å². The lowest BCUT2D eigenvalue weighted by molar-refractivity contribution is 0.632. The van der Waals surface area contributed by atoms with Crippen molar-refractivity contribution in [2.75, 3.05) is 4.90 Å². The number of rotatable bonds is 7. The minimum Gasteiger partial charge on any atom is -0.310 e. The van der Waals surface area contributed by atoms with Crippen LogP contribution in [-0.4, -0.2) is 0 Å². The minimum absolute atomic E-state index is 0.0438. The van der Waals surface area contributed by atoms with Crippen LogP contribution in [0.3, 0.4) is 0 Å². The monoisotopic (exact) mass is 801 g/mol. The van der Waals surface area contributed by atoms with Crippen LogP contribution in [-0.2, 0) is 10.8 Å². The first kappa shape index (κ1) is 37.3. The van der Waals surface area contributed by atoms with Crippen molar-refractivity contribution in [3.8, 4) is 33.4 Å². The third-order valence-corrected chi connectivity index (χ3v) is 14.7. The number of nitrogens with zero attached hydrogens (tertiary/aromatic N) is 1. The molecule has 0 unspecified atom stereocenters. The molecule has 0 bridgehead atoms. The van der Waals surface area contributed by atoms with E-state index in [1.807, 2.05) is 11.3 Å². The van der Waals surface area contributed by atoms with Crippen LogP contribution in [0.4, 0.5) is 17.1 Å². The maximum atomic E-state index is 2.49. The molecule has 10 aromatic rings. The van der Waals surface area contributed by atoms with Crippen molar-refractivity contribution in [3.05, 3.63) is 222 Å². The summed E-state index contributed by atoms with van der Waals surface area (Å²) in [7, 11) is 0. The number of thiophene rings is 1. The Balaban J connectivity index is 1.16. The van der Waals surface area contributed by atoms with Crippen LogP contribution in [0, 0.1) is 6.92 Å². The first-order valence-electron chi connectivity index (χ1n) is 21.4. The first-order chi connectivity index (χ1) is 29.7. The van der Waals surface area contributed by atoms with Crippen molar-refractivity contribution in [1.82, 2.24) is 0 Å². The molecule has 11 rings (SSSR count). The van der Waals surface area contributed by atoms with Crippen LogP contribution in [0.2, 0.25) is 0 Å². The summed E-state index contributed by atoms with van der Waals surface area (Å²) in [6.45, 7) is 11.9. The SMILES string of the molecule is Cc1c(-c2ccc3c(c2)sc2ccccc23)cc(N(c2ccc(-c3ccccc3)cc2)c2cccc3ccccc23)cc1C(C)(C)c1ccc2c(c1)-c1ccccc1C2(C)C. The molecule has 0 N–H and O–H groups in total. The molecular formula is C59H47NS. The van der Waals surface area contributed by atoms with E-state index in [2.05, 4.69) is 234 Å². The van der Waals surface area contributed by atoms with Gasteiger partial charge < -0.3 is 4.90 Å². The number of hydrogen-bond donors (Lipinski definition) is 0. The average molecular weight is 802 g/mol. The number of anilines is 3. The van der Waals surface area contributed by atoms with E-state index in [4.69, 9.17) is 0 Å². The summed E-state index contributed by atoms with van der Waals surface area (Å²) in [6.07, 6.45) is 0. The predicted molar refractivity (Wildman–Crippen MR) is 263 cm³/mol. The number of benzene rings is 9. The fraction of sp³-hybridized carbons (Fsp3) is 0.119. The molecular weight excluding hydrogens is 755 g/mol. The van der Waals surface area contributed by atoms with Gasteiger partial charge in [0.15, 0.2) is 0 Å². The smallest absolute Gasteiger partial charge is 0.0540 e. The number of hydrogen-bond acceptors (Lipinski definition) is 2. The van der Waals surface area contributed by atoms with E-state index < -0.39 is 0 Å². The van der Waals surface area contributed by atoms with Crippen molar-refractivity contribution >= 4 is 59.3 Å². The van der Waals surface area contributed by atoms with Crippen LogP contribution in [0.5, 0.6) is 0 Å². The summed E-state index contributed by atoms with van der Waals surface area (Å²) in [4.78, 5) is 2.49. The highest BCUT2D eigenvalue weighted by atomic mass is 32.1. The molecule has 1 aliphatic carbocycles. The van der Waals surface area contributed by atoms with Gasteiger partial charge in [-0.25, -0.2) is 0 Å². The third kappa shape index (κ3) is 6.04. The van der Waals surface area contributed by atoms with Crippen LogP contribution in [0.15, 0.2) is 194 Å². The molecule has 1 nitrogen and oxygen atoms in total. The molecule has 0 fully saturated rings. The number of fused-ring (bicyclic) bond motifs is 7. The first-order valence-corrected chi connectivity index (χ1v) is 22.2. The van der Waals surface area contributed by atoms with Gasteiger partial charge in [0.2, 0.25) is 0 Å². The zero-order chi connectivity index (χ0) is 41.5. The van der Waals surface area contributed by atoms with Crippen molar-refractivity contribution < 1.29 is 0 Å². The van der Waals surface area contributed by atoms with E-state index in [9.17, 15) is 0 Å². The largest absolute Gasteiger partial charge is 0.310 e. The van der Waals surface area contributed by atoms with Crippen molar-refractivity contribution in [2.45, 2.75) is 45.4 Å². The molecule has 1 aromatic heterocycles. The molecule has 0 amide bonds. The van der Waals surface area contributed by atoms with Crippen molar-refractivity contribution in [2.24, 2.45) is 0 Å². The molecule has 61 heavy (non-hydrogen) atoms. The Labute approximate surface area is 363 Å². The standard InChI is InChI=1S/C59H47NS/c1-38-50(42-28-32-49-48-22-12-14-25-56(48)61-57(49)34-42)36-45(37-54(38)58(2,3)43-29-33-53-51(35-43)47-21-11-13-23-52(47)59(53,4)5)60(55-24-15-19-41-18-9-10-20-46(41)55)44-30-26-40(27-31-44)39-16-7-6-8-17-39/h6-37H,1-5H3. The maximum absolute atomic E-state index is 2.49. The van der Waals surface area contributed by atoms with Crippen molar-refractivity contribution in [1.29, 1.82) is 0 Å². The van der Waals surface area contributed by atoms with Gasteiger partial charge in [-0.1, -0.05) is 173 Å². The summed E-state index contributed by atoms with van der Waals surface area (Å²) in [5, 5.41) is 5.07. The van der Waals surface area contributed by atoms with Gasteiger partial charge in [-0.2, -0.15) is 0 Å². The molecule has 9 aromatic carbocycles. The molecule has 1 heterocycles. The van der Waals surface area contributed by atoms with Crippen LogP contribution < -0.4 is 4.90 Å². The highest BCUT2D eigenvalue weighted by Crippen LogP contribution is 2.51. The molecule has 0 spiro atoms. The Hall–Kier alpha value is -6.74.